The van der Waals surface area contributed by atoms with Crippen molar-refractivity contribution in [3.05, 3.63) is 69.7 Å². The number of ether oxygens (including phenoxy) is 3. The van der Waals surface area contributed by atoms with Crippen molar-refractivity contribution >= 4 is 24.9 Å². The first kappa shape index (κ1) is 32.1. The highest BCUT2D eigenvalue weighted by Crippen LogP contribution is 2.26. The molecule has 0 spiro atoms. The Morgan fingerprint density at radius 2 is 1.54 bits per heavy atom. The molecule has 0 fully saturated rings. The molecule has 0 saturated heterocycles. The zero-order valence-electron chi connectivity index (χ0n) is 25.6. The van der Waals surface area contributed by atoms with Crippen LogP contribution in [0.2, 0.25) is 0 Å². The normalized spacial score (nSPS) is 11.9. The molecule has 0 atom stereocenters. The topological polar surface area (TPSA) is 120 Å². The largest absolute Gasteiger partial charge is 0.465 e. The van der Waals surface area contributed by atoms with Gasteiger partial charge in [-0.05, 0) is 83.6 Å². The Morgan fingerprint density at radius 3 is 2.17 bits per heavy atom. The lowest BCUT2D eigenvalue weighted by atomic mass is 9.79. The number of methoxy groups -OCH3 is 1. The molecule has 9 nitrogen and oxygen atoms in total. The van der Waals surface area contributed by atoms with Crippen LogP contribution in [0.3, 0.4) is 0 Å². The Labute approximate surface area is 242 Å². The van der Waals surface area contributed by atoms with Crippen molar-refractivity contribution in [2.75, 3.05) is 20.3 Å². The van der Waals surface area contributed by atoms with E-state index in [1.165, 1.54) is 7.11 Å². The number of aryl methyl sites for hydroxylation is 4. The third-order valence-electron chi connectivity index (χ3n) is 7.56. The van der Waals surface area contributed by atoms with Crippen molar-refractivity contribution < 1.29 is 33.6 Å². The summed E-state index contributed by atoms with van der Waals surface area (Å²) in [6.07, 6.45) is 1.70. The monoisotopic (exact) mass is 564 g/mol. The molecule has 1 heterocycles. The van der Waals surface area contributed by atoms with Gasteiger partial charge in [-0.1, -0.05) is 23.8 Å². The average molecular weight is 564 g/mol. The fraction of sp³-hybridized carbons (Fsp3) is 0.452. The molecule has 0 bridgehead atoms. The standard InChI is InChI=1S/C31H41BN2O7/c1-18-12-19(2)23(28(35)38-9)14-22(18)26-16-33-27(34-26)17-39-10-11-40-29(36)24-15-25(21(4)13-20(24)3)32-41-31(7,8)30(5,6)37/h12-16,32,37H,10-11,17H2,1-9H3,(H,33,34). The number of imidazole rings is 1. The molecular weight excluding hydrogens is 523 g/mol. The molecule has 0 radical (unpaired) electrons. The first-order chi connectivity index (χ1) is 19.1. The average Bonchev–Trinajstić information content (AvgIpc) is 3.35. The van der Waals surface area contributed by atoms with Crippen molar-refractivity contribution in [1.29, 1.82) is 0 Å². The van der Waals surface area contributed by atoms with Crippen LogP contribution in [0.4, 0.5) is 0 Å². The highest BCUT2D eigenvalue weighted by molar-refractivity contribution is 6.48. The van der Waals surface area contributed by atoms with Crippen LogP contribution in [0.25, 0.3) is 11.3 Å². The highest BCUT2D eigenvalue weighted by Gasteiger charge is 2.35. The molecule has 10 heteroatoms. The van der Waals surface area contributed by atoms with Crippen LogP contribution in [0, 0.1) is 27.7 Å². The number of hydrogen-bond acceptors (Lipinski definition) is 8. The van der Waals surface area contributed by atoms with Crippen LogP contribution in [0.5, 0.6) is 0 Å². The number of nitrogens with one attached hydrogen (secondary N) is 1. The minimum absolute atomic E-state index is 0.0802. The second-order valence-electron chi connectivity index (χ2n) is 11.4. The van der Waals surface area contributed by atoms with E-state index >= 15 is 0 Å². The number of carbonyl (C=O) groups excluding carboxylic acids is 2. The van der Waals surface area contributed by atoms with Crippen molar-refractivity contribution in [2.45, 2.75) is 73.2 Å². The summed E-state index contributed by atoms with van der Waals surface area (Å²) in [7, 11) is 1.62. The van der Waals surface area contributed by atoms with E-state index in [1.54, 1.807) is 32.2 Å². The van der Waals surface area contributed by atoms with Gasteiger partial charge in [0.2, 0.25) is 0 Å². The maximum atomic E-state index is 12.8. The van der Waals surface area contributed by atoms with Gasteiger partial charge in [0.25, 0.3) is 0 Å². The summed E-state index contributed by atoms with van der Waals surface area (Å²) in [6.45, 7) is 15.2. The molecule has 0 aliphatic rings. The second-order valence-corrected chi connectivity index (χ2v) is 11.4. The van der Waals surface area contributed by atoms with Crippen molar-refractivity contribution in [2.24, 2.45) is 0 Å². The fourth-order valence-electron chi connectivity index (χ4n) is 4.19. The summed E-state index contributed by atoms with van der Waals surface area (Å²) < 4.78 is 22.0. The number of hydrogen-bond donors (Lipinski definition) is 2. The number of esters is 2. The maximum Gasteiger partial charge on any atom is 0.338 e. The molecule has 41 heavy (non-hydrogen) atoms. The Balaban J connectivity index is 1.55. The number of carbonyl (C=O) groups is 2. The Kier molecular flexibility index (Phi) is 10.2. The van der Waals surface area contributed by atoms with Crippen molar-refractivity contribution in [3.63, 3.8) is 0 Å². The lowest BCUT2D eigenvalue weighted by Crippen LogP contribution is -2.49. The van der Waals surface area contributed by atoms with Gasteiger partial charge in [0.1, 0.15) is 19.0 Å². The molecule has 0 unspecified atom stereocenters. The van der Waals surface area contributed by atoms with E-state index in [0.717, 1.165) is 39.0 Å². The van der Waals surface area contributed by atoms with Gasteiger partial charge in [0.05, 0.1) is 47.9 Å². The van der Waals surface area contributed by atoms with Crippen molar-refractivity contribution in [3.8, 4) is 11.3 Å². The van der Waals surface area contributed by atoms with Crippen LogP contribution in [-0.4, -0.2) is 66.0 Å². The first-order valence-electron chi connectivity index (χ1n) is 13.6. The maximum absolute atomic E-state index is 12.8. The summed E-state index contributed by atoms with van der Waals surface area (Å²) in [5.41, 5.74) is 5.28. The van der Waals surface area contributed by atoms with Crippen molar-refractivity contribution in [1.82, 2.24) is 9.97 Å². The summed E-state index contributed by atoms with van der Waals surface area (Å²) in [4.78, 5) is 32.5. The van der Waals surface area contributed by atoms with Gasteiger partial charge in [0, 0.05) is 5.56 Å². The second kappa shape index (κ2) is 13.0. The summed E-state index contributed by atoms with van der Waals surface area (Å²) >= 11 is 0. The van der Waals surface area contributed by atoms with Gasteiger partial charge in [-0.2, -0.15) is 0 Å². The van der Waals surface area contributed by atoms with E-state index < -0.39 is 17.2 Å². The van der Waals surface area contributed by atoms with Gasteiger partial charge in [0.15, 0.2) is 0 Å². The van der Waals surface area contributed by atoms with E-state index in [-0.39, 0.29) is 33.3 Å². The molecule has 0 amide bonds. The van der Waals surface area contributed by atoms with Gasteiger partial charge in [-0.3, -0.25) is 0 Å². The Bertz CT molecular complexity index is 1410. The predicted molar refractivity (Wildman–Crippen MR) is 159 cm³/mol. The zero-order valence-corrected chi connectivity index (χ0v) is 25.6. The number of benzene rings is 2. The SMILES string of the molecule is COC(=O)c1cc(-c2cnc(COCCOC(=O)c3cc(BOC(C)(C)C(C)(C)O)c(C)cc3C)[nH]2)c(C)cc1C. The number of aromatic amines is 1. The van der Waals surface area contributed by atoms with Gasteiger partial charge in [-0.25, -0.2) is 14.6 Å². The Morgan fingerprint density at radius 1 is 0.902 bits per heavy atom. The minimum atomic E-state index is -1.03. The quantitative estimate of drug-likeness (QED) is 0.192. The van der Waals surface area contributed by atoms with Crippen LogP contribution in [0.1, 0.15) is 76.5 Å². The molecule has 3 rings (SSSR count). The molecule has 3 aromatic rings. The summed E-state index contributed by atoms with van der Waals surface area (Å²) in [5.74, 6) is -0.217. The number of H-pyrrole nitrogens is 1. The third-order valence-corrected chi connectivity index (χ3v) is 7.56. The number of rotatable bonds is 12. The molecule has 2 aromatic carbocycles. The Hall–Kier alpha value is -3.47. The van der Waals surface area contributed by atoms with E-state index in [9.17, 15) is 14.7 Å². The smallest absolute Gasteiger partial charge is 0.338 e. The molecule has 220 valence electrons. The lowest BCUT2D eigenvalue weighted by Gasteiger charge is -2.37. The van der Waals surface area contributed by atoms with E-state index in [0.29, 0.717) is 17.0 Å². The number of aliphatic hydroxyl groups is 1. The number of aromatic nitrogens is 2. The van der Waals surface area contributed by atoms with Crippen LogP contribution in [-0.2, 0) is 25.5 Å². The number of nitrogens with zero attached hydrogens (tertiary/aromatic N) is 1. The molecule has 1 aromatic heterocycles. The van der Waals surface area contributed by atoms with Crippen LogP contribution >= 0.6 is 0 Å². The summed E-state index contributed by atoms with van der Waals surface area (Å²) in [6, 6.07) is 7.46. The minimum Gasteiger partial charge on any atom is -0.465 e. The predicted octanol–water partition coefficient (Wildman–Crippen LogP) is 4.01. The van der Waals surface area contributed by atoms with Gasteiger partial charge in [-0.15, -0.1) is 0 Å². The molecule has 0 saturated carbocycles. The molecule has 2 N–H and O–H groups in total. The molecule has 0 aliphatic heterocycles. The summed E-state index contributed by atoms with van der Waals surface area (Å²) in [5, 5.41) is 10.4. The van der Waals surface area contributed by atoms with Gasteiger partial charge >= 0.3 is 19.4 Å². The third kappa shape index (κ3) is 7.84. The highest BCUT2D eigenvalue weighted by atomic mass is 16.6. The van der Waals surface area contributed by atoms with E-state index in [2.05, 4.69) is 9.97 Å². The molecule has 0 aliphatic carbocycles. The van der Waals surface area contributed by atoms with Crippen LogP contribution in [0.15, 0.2) is 30.5 Å². The van der Waals surface area contributed by atoms with Gasteiger partial charge < -0.3 is 29.0 Å². The zero-order chi connectivity index (χ0) is 30.5. The first-order valence-corrected chi connectivity index (χ1v) is 13.6. The lowest BCUT2D eigenvalue weighted by molar-refractivity contribution is -0.0893. The van der Waals surface area contributed by atoms with E-state index in [4.69, 9.17) is 18.9 Å². The fourth-order valence-corrected chi connectivity index (χ4v) is 4.19. The van der Waals surface area contributed by atoms with E-state index in [1.807, 2.05) is 53.7 Å². The molecular formula is C31H41BN2O7. The van der Waals surface area contributed by atoms with Crippen LogP contribution < -0.4 is 5.46 Å².